The van der Waals surface area contributed by atoms with Gasteiger partial charge < -0.3 is 4.74 Å². The summed E-state index contributed by atoms with van der Waals surface area (Å²) in [6.07, 6.45) is 1.47. The molecule has 0 saturated heterocycles. The van der Waals surface area contributed by atoms with Gasteiger partial charge in [0.25, 0.3) is 0 Å². The van der Waals surface area contributed by atoms with Crippen LogP contribution in [0, 0.1) is 11.8 Å². The van der Waals surface area contributed by atoms with Crippen molar-refractivity contribution < 1.29 is 9.53 Å². The number of rotatable bonds is 1. The van der Waals surface area contributed by atoms with Gasteiger partial charge in [0.15, 0.2) is 0 Å². The summed E-state index contributed by atoms with van der Waals surface area (Å²) in [5.41, 5.74) is 3.28. The van der Waals surface area contributed by atoms with Crippen LogP contribution in [0.2, 0.25) is 0 Å². The minimum absolute atomic E-state index is 0.502. The van der Waals surface area contributed by atoms with Gasteiger partial charge in [0.1, 0.15) is 12.0 Å². The van der Waals surface area contributed by atoms with E-state index >= 15 is 0 Å². The monoisotopic (exact) mass is 274 g/mol. The fourth-order valence-corrected chi connectivity index (χ4v) is 2.29. The Bertz CT molecular complexity index is 746. The Kier molecular flexibility index (Phi) is 3.84. The number of allylic oxidation sites excluding steroid dienone is 1. The van der Waals surface area contributed by atoms with Gasteiger partial charge in [-0.3, -0.25) is 4.79 Å². The summed E-state index contributed by atoms with van der Waals surface area (Å²) in [6, 6.07) is 17.5. The van der Waals surface area contributed by atoms with Crippen LogP contribution in [0.25, 0.3) is 5.57 Å². The summed E-state index contributed by atoms with van der Waals surface area (Å²) < 4.78 is 5.69. The molecule has 0 fully saturated rings. The van der Waals surface area contributed by atoms with Crippen molar-refractivity contribution in [3.8, 4) is 17.6 Å². The summed E-state index contributed by atoms with van der Waals surface area (Å²) >= 11 is 0. The van der Waals surface area contributed by atoms with E-state index in [-0.39, 0.29) is 0 Å². The number of para-hydroxylation sites is 1. The number of ether oxygens (including phenoxy) is 1. The maximum atomic E-state index is 11.4. The van der Waals surface area contributed by atoms with E-state index in [1.54, 1.807) is 0 Å². The first-order chi connectivity index (χ1) is 10.4. The van der Waals surface area contributed by atoms with Gasteiger partial charge in [-0.1, -0.05) is 42.2 Å². The third-order valence-corrected chi connectivity index (χ3v) is 3.35. The Morgan fingerprint density at radius 1 is 0.952 bits per heavy atom. The largest absolute Gasteiger partial charge is 0.493 e. The first kappa shape index (κ1) is 13.2. The predicted octanol–water partition coefficient (Wildman–Crippen LogP) is 3.47. The van der Waals surface area contributed by atoms with Crippen molar-refractivity contribution in [3.63, 3.8) is 0 Å². The van der Waals surface area contributed by atoms with Crippen LogP contribution in [-0.2, 0) is 4.79 Å². The average molecular weight is 274 g/mol. The highest BCUT2D eigenvalue weighted by atomic mass is 16.5. The average Bonchev–Trinajstić information content (AvgIpc) is 2.73. The lowest BCUT2D eigenvalue weighted by atomic mass is 9.99. The molecule has 3 rings (SSSR count). The number of carbonyl (C=O) groups excluding carboxylic acids is 1. The van der Waals surface area contributed by atoms with Crippen molar-refractivity contribution in [1.82, 2.24) is 0 Å². The molecular formula is C19H14O2. The molecule has 0 spiro atoms. The van der Waals surface area contributed by atoms with Crippen LogP contribution in [0.15, 0.2) is 60.2 Å². The second kappa shape index (κ2) is 6.11. The van der Waals surface area contributed by atoms with E-state index in [2.05, 4.69) is 11.8 Å². The molecule has 1 aliphatic rings. The standard InChI is InChI=1S/C19H14O2/c20-14-16-12-13-21-19-9-5-4-8-18(19)17(16)11-10-15-6-2-1-3-7-15/h1-9,14H,12-13H2. The lowest BCUT2D eigenvalue weighted by Gasteiger charge is -2.06. The van der Waals surface area contributed by atoms with Crippen molar-refractivity contribution >= 4 is 11.9 Å². The molecule has 0 unspecified atom stereocenters. The van der Waals surface area contributed by atoms with Crippen molar-refractivity contribution in [2.24, 2.45) is 0 Å². The first-order valence-electron chi connectivity index (χ1n) is 6.86. The zero-order chi connectivity index (χ0) is 14.5. The highest BCUT2D eigenvalue weighted by Crippen LogP contribution is 2.31. The lowest BCUT2D eigenvalue weighted by Crippen LogP contribution is -1.97. The molecule has 102 valence electrons. The van der Waals surface area contributed by atoms with Crippen molar-refractivity contribution in [1.29, 1.82) is 0 Å². The molecule has 0 amide bonds. The Hall–Kier alpha value is -2.79. The number of hydrogen-bond donors (Lipinski definition) is 0. The highest BCUT2D eigenvalue weighted by molar-refractivity contribution is 5.96. The van der Waals surface area contributed by atoms with E-state index in [1.165, 1.54) is 0 Å². The first-order valence-corrected chi connectivity index (χ1v) is 6.86. The van der Waals surface area contributed by atoms with Gasteiger partial charge in [0, 0.05) is 28.7 Å². The number of fused-ring (bicyclic) bond motifs is 1. The van der Waals surface area contributed by atoms with Crippen molar-refractivity contribution in [3.05, 3.63) is 71.3 Å². The van der Waals surface area contributed by atoms with Crippen LogP contribution in [0.5, 0.6) is 5.75 Å². The summed E-state index contributed by atoms with van der Waals surface area (Å²) in [7, 11) is 0. The van der Waals surface area contributed by atoms with Gasteiger partial charge in [-0.2, -0.15) is 0 Å². The summed E-state index contributed by atoms with van der Waals surface area (Å²) in [4.78, 5) is 11.4. The molecule has 0 atom stereocenters. The number of hydrogen-bond acceptors (Lipinski definition) is 2. The molecule has 1 heterocycles. The third-order valence-electron chi connectivity index (χ3n) is 3.35. The maximum Gasteiger partial charge on any atom is 0.147 e. The van der Waals surface area contributed by atoms with Gasteiger partial charge in [0.2, 0.25) is 0 Å². The molecule has 2 aromatic carbocycles. The number of aldehydes is 1. The Labute approximate surface area is 124 Å². The summed E-state index contributed by atoms with van der Waals surface area (Å²) in [6.45, 7) is 0.502. The molecule has 0 radical (unpaired) electrons. The molecule has 0 aromatic heterocycles. The van der Waals surface area contributed by atoms with Crippen LogP contribution in [0.4, 0.5) is 0 Å². The molecule has 0 saturated carbocycles. The number of benzene rings is 2. The lowest BCUT2D eigenvalue weighted by molar-refractivity contribution is -0.105. The fourth-order valence-electron chi connectivity index (χ4n) is 2.29. The van der Waals surface area contributed by atoms with Gasteiger partial charge in [-0.15, -0.1) is 0 Å². The zero-order valence-electron chi connectivity index (χ0n) is 11.5. The van der Waals surface area contributed by atoms with Gasteiger partial charge in [0.05, 0.1) is 6.61 Å². The molecule has 21 heavy (non-hydrogen) atoms. The highest BCUT2D eigenvalue weighted by Gasteiger charge is 2.16. The quantitative estimate of drug-likeness (QED) is 0.588. The topological polar surface area (TPSA) is 26.3 Å². The van der Waals surface area contributed by atoms with E-state index in [0.717, 1.165) is 28.7 Å². The van der Waals surface area contributed by atoms with E-state index < -0.39 is 0 Å². The second-order valence-corrected chi connectivity index (χ2v) is 4.73. The molecular weight excluding hydrogens is 260 g/mol. The van der Waals surface area contributed by atoms with E-state index in [9.17, 15) is 4.79 Å². The smallest absolute Gasteiger partial charge is 0.147 e. The predicted molar refractivity (Wildman–Crippen MR) is 82.9 cm³/mol. The van der Waals surface area contributed by atoms with Crippen molar-refractivity contribution in [2.45, 2.75) is 6.42 Å². The van der Waals surface area contributed by atoms with E-state index in [4.69, 9.17) is 4.74 Å². The van der Waals surface area contributed by atoms with E-state index in [1.807, 2.05) is 54.6 Å². The minimum Gasteiger partial charge on any atom is -0.493 e. The molecule has 0 N–H and O–H groups in total. The number of carbonyl (C=O) groups is 1. The molecule has 0 aliphatic carbocycles. The fraction of sp³-hybridized carbons (Fsp3) is 0.105. The van der Waals surface area contributed by atoms with Crippen LogP contribution in [0.1, 0.15) is 17.5 Å². The van der Waals surface area contributed by atoms with Gasteiger partial charge in [-0.05, 0) is 24.3 Å². The third kappa shape index (κ3) is 2.88. The van der Waals surface area contributed by atoms with Gasteiger partial charge >= 0.3 is 0 Å². The zero-order valence-corrected chi connectivity index (χ0v) is 11.5. The van der Waals surface area contributed by atoms with E-state index in [0.29, 0.717) is 18.6 Å². The maximum absolute atomic E-state index is 11.4. The molecule has 0 bridgehead atoms. The van der Waals surface area contributed by atoms with Gasteiger partial charge in [-0.25, -0.2) is 0 Å². The summed E-state index contributed by atoms with van der Waals surface area (Å²) in [5, 5.41) is 0. The minimum atomic E-state index is 0.502. The van der Waals surface area contributed by atoms with Crippen LogP contribution in [0.3, 0.4) is 0 Å². The normalized spacial score (nSPS) is 13.3. The molecule has 2 nitrogen and oxygen atoms in total. The molecule has 1 aliphatic heterocycles. The Balaban J connectivity index is 2.11. The van der Waals surface area contributed by atoms with Crippen LogP contribution in [-0.4, -0.2) is 12.9 Å². The second-order valence-electron chi connectivity index (χ2n) is 4.73. The molecule has 2 aromatic rings. The van der Waals surface area contributed by atoms with Crippen molar-refractivity contribution in [2.75, 3.05) is 6.61 Å². The molecule has 2 heteroatoms. The SMILES string of the molecule is O=CC1=C(C#Cc2ccccc2)c2ccccc2OCC1. The Morgan fingerprint density at radius 2 is 1.71 bits per heavy atom. The summed E-state index contributed by atoms with van der Waals surface area (Å²) in [5.74, 6) is 7.06. The Morgan fingerprint density at radius 3 is 2.52 bits per heavy atom. The van der Waals surface area contributed by atoms with Crippen LogP contribution >= 0.6 is 0 Å². The van der Waals surface area contributed by atoms with Crippen LogP contribution < -0.4 is 4.74 Å².